The molecule has 2 aromatic rings. The van der Waals surface area contributed by atoms with E-state index < -0.39 is 0 Å². The lowest BCUT2D eigenvalue weighted by Gasteiger charge is -2.32. The molecule has 0 atom stereocenters. The van der Waals surface area contributed by atoms with Crippen LogP contribution in [0.5, 0.6) is 11.5 Å². The Hall–Kier alpha value is -1.11. The fraction of sp³-hybridized carbons (Fsp3) is 0.629. The van der Waals surface area contributed by atoms with Crippen molar-refractivity contribution in [2.75, 3.05) is 5.33 Å². The molecule has 0 saturated carbocycles. The minimum atomic E-state index is -0.209. The highest BCUT2D eigenvalue weighted by Gasteiger charge is 2.32. The first-order chi connectivity index (χ1) is 18.4. The van der Waals surface area contributed by atoms with Gasteiger partial charge in [-0.05, 0) is 66.2 Å². The number of hydrogen-bond acceptors (Lipinski definition) is 5. The van der Waals surface area contributed by atoms with Crippen LogP contribution in [0, 0.1) is 0 Å². The lowest BCUT2D eigenvalue weighted by atomic mass is 9.79. The summed E-state index contributed by atoms with van der Waals surface area (Å²) in [5.41, 5.74) is 3.28. The molecular formula is C35H53BrO3S2. The number of carbonyl (C=O) groups is 1. The van der Waals surface area contributed by atoms with Gasteiger partial charge in [0.1, 0.15) is 11.5 Å². The summed E-state index contributed by atoms with van der Waals surface area (Å²) in [4.78, 5) is 15.1. The first-order valence-corrected chi connectivity index (χ1v) is 17.3. The van der Waals surface area contributed by atoms with E-state index in [0.717, 1.165) is 43.8 Å². The highest BCUT2D eigenvalue weighted by molar-refractivity contribution is 9.09. The Labute approximate surface area is 267 Å². The van der Waals surface area contributed by atoms with Crippen LogP contribution < -0.4 is 4.74 Å². The van der Waals surface area contributed by atoms with E-state index in [1.165, 1.54) is 0 Å². The number of esters is 1. The first-order valence-electron chi connectivity index (χ1n) is 14.6. The summed E-state index contributed by atoms with van der Waals surface area (Å²) in [6.07, 6.45) is 1.14. The minimum Gasteiger partial charge on any atom is -0.507 e. The van der Waals surface area contributed by atoms with Crippen molar-refractivity contribution < 1.29 is 14.6 Å². The molecule has 0 saturated heterocycles. The SMILES string of the molecule is CC(C)(Sc1cc(C(C)(C)C)c(O)c(C(C)(C)C)c1)Sc1cc(C(C)(C)C)c(OC(=O)CCCBr)c(C(C)(C)C)c1. The summed E-state index contributed by atoms with van der Waals surface area (Å²) in [6.45, 7) is 30.5. The molecule has 0 radical (unpaired) electrons. The molecule has 0 amide bonds. The van der Waals surface area contributed by atoms with Gasteiger partial charge in [-0.3, -0.25) is 4.79 Å². The molecule has 1 N–H and O–H groups in total. The Balaban J connectivity index is 2.61. The summed E-state index contributed by atoms with van der Waals surface area (Å²) in [5, 5.41) is 12.0. The number of hydrogen-bond donors (Lipinski definition) is 1. The lowest BCUT2D eigenvalue weighted by Crippen LogP contribution is -2.22. The zero-order valence-corrected chi connectivity index (χ0v) is 31.1. The third kappa shape index (κ3) is 9.96. The predicted octanol–water partition coefficient (Wildman–Crippen LogP) is 11.3. The topological polar surface area (TPSA) is 46.5 Å². The highest BCUT2D eigenvalue weighted by atomic mass is 79.9. The number of ether oxygens (including phenoxy) is 1. The summed E-state index contributed by atoms with van der Waals surface area (Å²) < 4.78 is 5.91. The van der Waals surface area contributed by atoms with Crippen LogP contribution in [0.25, 0.3) is 0 Å². The molecule has 0 aliphatic heterocycles. The molecule has 6 heteroatoms. The van der Waals surface area contributed by atoms with Crippen LogP contribution in [0.3, 0.4) is 0 Å². The number of phenolic OH excluding ortho intramolecular Hbond substituents is 1. The van der Waals surface area contributed by atoms with E-state index >= 15 is 0 Å². The van der Waals surface area contributed by atoms with E-state index in [1.807, 2.05) is 23.5 Å². The van der Waals surface area contributed by atoms with Crippen LogP contribution in [0.4, 0.5) is 0 Å². The van der Waals surface area contributed by atoms with Crippen LogP contribution in [-0.2, 0) is 26.5 Å². The molecular weight excluding hydrogens is 612 g/mol. The number of alkyl halides is 1. The maximum atomic E-state index is 12.8. The molecule has 0 heterocycles. The van der Waals surface area contributed by atoms with Crippen molar-refractivity contribution in [3.8, 4) is 11.5 Å². The number of benzene rings is 2. The van der Waals surface area contributed by atoms with Crippen molar-refractivity contribution in [3.05, 3.63) is 46.5 Å². The monoisotopic (exact) mass is 664 g/mol. The summed E-state index contributed by atoms with van der Waals surface area (Å²) >= 11 is 7.07. The van der Waals surface area contributed by atoms with Gasteiger partial charge >= 0.3 is 5.97 Å². The number of rotatable bonds is 8. The third-order valence-electron chi connectivity index (χ3n) is 6.84. The van der Waals surface area contributed by atoms with Gasteiger partial charge in [0.25, 0.3) is 0 Å². The molecule has 0 spiro atoms. The quantitative estimate of drug-likeness (QED) is 0.1000. The zero-order valence-electron chi connectivity index (χ0n) is 27.9. The predicted molar refractivity (Wildman–Crippen MR) is 184 cm³/mol. The summed E-state index contributed by atoms with van der Waals surface area (Å²) in [7, 11) is 0. The lowest BCUT2D eigenvalue weighted by molar-refractivity contribution is -0.134. The molecule has 41 heavy (non-hydrogen) atoms. The maximum Gasteiger partial charge on any atom is 0.311 e. The molecule has 0 aliphatic rings. The minimum absolute atomic E-state index is 0.178. The maximum absolute atomic E-state index is 12.8. The fourth-order valence-electron chi connectivity index (χ4n) is 4.66. The molecule has 230 valence electrons. The number of carbonyl (C=O) groups excluding carboxylic acids is 1. The van der Waals surface area contributed by atoms with Gasteiger partial charge in [0.05, 0.1) is 4.08 Å². The van der Waals surface area contributed by atoms with Crippen LogP contribution in [0.1, 0.15) is 132 Å². The van der Waals surface area contributed by atoms with E-state index in [4.69, 9.17) is 4.74 Å². The molecule has 2 aromatic carbocycles. The van der Waals surface area contributed by atoms with Gasteiger partial charge in [0, 0.05) is 43.8 Å². The van der Waals surface area contributed by atoms with E-state index in [9.17, 15) is 9.90 Å². The van der Waals surface area contributed by atoms with Gasteiger partial charge in [-0.25, -0.2) is 0 Å². The molecule has 0 unspecified atom stereocenters. The van der Waals surface area contributed by atoms with Crippen LogP contribution in [-0.4, -0.2) is 20.5 Å². The van der Waals surface area contributed by atoms with Crippen LogP contribution in [0.15, 0.2) is 34.1 Å². The van der Waals surface area contributed by atoms with Crippen LogP contribution in [0.2, 0.25) is 0 Å². The normalized spacial score (nSPS) is 13.4. The standard InChI is InChI=1S/C35H53BrO3S2/c1-31(2,3)24-18-22(19-25(29(24)38)32(4,5)6)40-35(13,14)41-23-20-26(33(7,8)9)30(27(21-23)34(10,11)12)39-28(37)16-15-17-36/h18-21,38H,15-17H2,1-14H3. The Morgan fingerprint density at radius 3 is 1.34 bits per heavy atom. The van der Waals surface area contributed by atoms with Gasteiger partial charge in [-0.2, -0.15) is 0 Å². The number of phenols is 1. The Bertz CT molecular complexity index is 1170. The fourth-order valence-corrected chi connectivity index (χ4v) is 7.53. The largest absolute Gasteiger partial charge is 0.507 e. The molecule has 0 aliphatic carbocycles. The number of halogens is 1. The van der Waals surface area contributed by atoms with E-state index in [0.29, 0.717) is 17.9 Å². The van der Waals surface area contributed by atoms with E-state index in [1.54, 1.807) is 0 Å². The first kappa shape index (κ1) is 36.1. The molecule has 2 rings (SSSR count). The Morgan fingerprint density at radius 2 is 1.02 bits per heavy atom. The molecule has 0 bridgehead atoms. The smallest absolute Gasteiger partial charge is 0.311 e. The van der Waals surface area contributed by atoms with Crippen molar-refractivity contribution in [2.24, 2.45) is 0 Å². The van der Waals surface area contributed by atoms with E-state index in [2.05, 4.69) is 137 Å². The molecule has 0 fully saturated rings. The third-order valence-corrected chi connectivity index (χ3v) is 9.82. The van der Waals surface area contributed by atoms with Crippen molar-refractivity contribution >= 4 is 45.4 Å². The van der Waals surface area contributed by atoms with Crippen LogP contribution >= 0.6 is 39.5 Å². The van der Waals surface area contributed by atoms with Gasteiger partial charge in [-0.15, -0.1) is 23.5 Å². The second kappa shape index (κ2) is 12.9. The van der Waals surface area contributed by atoms with Crippen molar-refractivity contribution in [1.29, 1.82) is 0 Å². The average Bonchev–Trinajstić information content (AvgIpc) is 2.76. The second-order valence-corrected chi connectivity index (χ2v) is 20.0. The summed E-state index contributed by atoms with van der Waals surface area (Å²) in [6, 6.07) is 8.75. The van der Waals surface area contributed by atoms with Crippen molar-refractivity contribution in [1.82, 2.24) is 0 Å². The van der Waals surface area contributed by atoms with Gasteiger partial charge < -0.3 is 9.84 Å². The van der Waals surface area contributed by atoms with Gasteiger partial charge in [-0.1, -0.05) is 99.0 Å². The Morgan fingerprint density at radius 1 is 0.683 bits per heavy atom. The highest BCUT2D eigenvalue weighted by Crippen LogP contribution is 2.51. The van der Waals surface area contributed by atoms with Gasteiger partial charge in [0.2, 0.25) is 0 Å². The summed E-state index contributed by atoms with van der Waals surface area (Å²) in [5.74, 6) is 0.932. The second-order valence-electron chi connectivity index (χ2n) is 15.6. The van der Waals surface area contributed by atoms with Crippen molar-refractivity contribution in [3.63, 3.8) is 0 Å². The molecule has 3 nitrogen and oxygen atoms in total. The Kier molecular flexibility index (Phi) is 11.3. The number of aromatic hydroxyl groups is 1. The van der Waals surface area contributed by atoms with Crippen molar-refractivity contribution in [2.45, 2.75) is 145 Å². The van der Waals surface area contributed by atoms with Gasteiger partial charge in [0.15, 0.2) is 0 Å². The average molecular weight is 666 g/mol. The zero-order chi connectivity index (χ0) is 31.8. The number of thioether (sulfide) groups is 2. The molecule has 0 aromatic heterocycles. The van der Waals surface area contributed by atoms with E-state index in [-0.39, 0.29) is 31.7 Å².